The highest BCUT2D eigenvalue weighted by molar-refractivity contribution is 6.31. The second kappa shape index (κ2) is 10.2. The van der Waals surface area contributed by atoms with Crippen molar-refractivity contribution >= 4 is 40.3 Å². The number of pyridine rings is 1. The number of hydrogen-bond acceptors (Lipinski definition) is 4. The van der Waals surface area contributed by atoms with E-state index in [0.29, 0.717) is 28.8 Å². The van der Waals surface area contributed by atoms with E-state index in [4.69, 9.17) is 32.7 Å². The van der Waals surface area contributed by atoms with Crippen LogP contribution in [-0.4, -0.2) is 17.6 Å². The number of carbonyl (C=O) groups is 1. The quantitative estimate of drug-likeness (QED) is 0.343. The molecule has 1 heterocycles. The van der Waals surface area contributed by atoms with E-state index in [-0.39, 0.29) is 5.97 Å². The Morgan fingerprint density at radius 1 is 0.969 bits per heavy atom. The number of allylic oxidation sites excluding steroid dienone is 2. The summed E-state index contributed by atoms with van der Waals surface area (Å²) in [5, 5.41) is 1.31. The van der Waals surface area contributed by atoms with Gasteiger partial charge in [0.05, 0.1) is 12.2 Å². The first-order chi connectivity index (χ1) is 15.5. The van der Waals surface area contributed by atoms with Gasteiger partial charge < -0.3 is 9.47 Å². The summed E-state index contributed by atoms with van der Waals surface area (Å²) in [5.74, 6) is 0.372. The molecule has 0 saturated carbocycles. The molecule has 164 valence electrons. The molecule has 32 heavy (non-hydrogen) atoms. The van der Waals surface area contributed by atoms with Crippen molar-refractivity contribution < 1.29 is 14.3 Å². The Bertz CT molecular complexity index is 1160. The minimum absolute atomic E-state index is 0.329. The second-order valence-electron chi connectivity index (χ2n) is 7.55. The van der Waals surface area contributed by atoms with Gasteiger partial charge in [-0.1, -0.05) is 35.3 Å². The standard InChI is InChI=1S/C26H23Cl2NO3/c1-2-31-26(30)19-12-18(14-29-15-19)22-4-3-5-23(22)24-11-10-21(28)13-25(24)32-16-17-6-8-20(27)9-7-17/h6-15H,2-5,16H2,1H3. The maximum atomic E-state index is 12.2. The van der Waals surface area contributed by atoms with Crippen molar-refractivity contribution in [2.75, 3.05) is 6.61 Å². The van der Waals surface area contributed by atoms with Crippen molar-refractivity contribution in [3.8, 4) is 5.75 Å². The molecule has 6 heteroatoms. The summed E-state index contributed by atoms with van der Waals surface area (Å²) in [6, 6.07) is 15.2. The minimum Gasteiger partial charge on any atom is -0.488 e. The molecule has 0 fully saturated rings. The highest BCUT2D eigenvalue weighted by atomic mass is 35.5. The van der Waals surface area contributed by atoms with E-state index in [1.165, 1.54) is 11.1 Å². The third-order valence-corrected chi connectivity index (χ3v) is 5.88. The van der Waals surface area contributed by atoms with Gasteiger partial charge >= 0.3 is 5.97 Å². The van der Waals surface area contributed by atoms with Gasteiger partial charge in [0.2, 0.25) is 0 Å². The number of carbonyl (C=O) groups excluding carboxylic acids is 1. The highest BCUT2D eigenvalue weighted by Gasteiger charge is 2.22. The number of nitrogens with zero attached hydrogens (tertiary/aromatic N) is 1. The van der Waals surface area contributed by atoms with Crippen LogP contribution in [0.4, 0.5) is 0 Å². The van der Waals surface area contributed by atoms with Crippen LogP contribution in [-0.2, 0) is 11.3 Å². The molecule has 0 bridgehead atoms. The van der Waals surface area contributed by atoms with Crippen LogP contribution in [0.25, 0.3) is 11.1 Å². The zero-order chi connectivity index (χ0) is 22.5. The predicted molar refractivity (Wildman–Crippen MR) is 128 cm³/mol. The van der Waals surface area contributed by atoms with Crippen LogP contribution >= 0.6 is 23.2 Å². The van der Waals surface area contributed by atoms with Crippen molar-refractivity contribution in [1.82, 2.24) is 4.98 Å². The van der Waals surface area contributed by atoms with Crippen LogP contribution in [0, 0.1) is 0 Å². The third kappa shape index (κ3) is 5.14. The van der Waals surface area contributed by atoms with Gasteiger partial charge in [0.15, 0.2) is 0 Å². The molecule has 0 amide bonds. The highest BCUT2D eigenvalue weighted by Crippen LogP contribution is 2.43. The van der Waals surface area contributed by atoms with Gasteiger partial charge in [0.25, 0.3) is 0 Å². The average molecular weight is 468 g/mol. The van der Waals surface area contributed by atoms with E-state index in [2.05, 4.69) is 4.98 Å². The Labute approximate surface area is 197 Å². The second-order valence-corrected chi connectivity index (χ2v) is 8.42. The topological polar surface area (TPSA) is 48.4 Å². The summed E-state index contributed by atoms with van der Waals surface area (Å²) >= 11 is 12.3. The molecule has 1 aliphatic carbocycles. The Balaban J connectivity index is 1.67. The van der Waals surface area contributed by atoms with E-state index in [0.717, 1.165) is 41.7 Å². The molecule has 0 radical (unpaired) electrons. The minimum atomic E-state index is -0.361. The lowest BCUT2D eigenvalue weighted by atomic mass is 9.96. The van der Waals surface area contributed by atoms with Gasteiger partial charge in [0, 0.05) is 28.0 Å². The average Bonchev–Trinajstić information content (AvgIpc) is 3.29. The van der Waals surface area contributed by atoms with Gasteiger partial charge in [-0.05, 0) is 84.9 Å². The van der Waals surface area contributed by atoms with Gasteiger partial charge in [-0.25, -0.2) is 4.79 Å². The Morgan fingerprint density at radius 3 is 2.50 bits per heavy atom. The molecule has 0 unspecified atom stereocenters. The molecule has 0 aliphatic heterocycles. The summed E-state index contributed by atoms with van der Waals surface area (Å²) in [5.41, 5.74) is 5.78. The van der Waals surface area contributed by atoms with Crippen molar-refractivity contribution in [2.24, 2.45) is 0 Å². The van der Waals surface area contributed by atoms with E-state index in [9.17, 15) is 4.79 Å². The molecule has 4 nitrogen and oxygen atoms in total. The maximum Gasteiger partial charge on any atom is 0.339 e. The zero-order valence-electron chi connectivity index (χ0n) is 17.7. The Morgan fingerprint density at radius 2 is 1.72 bits per heavy atom. The van der Waals surface area contributed by atoms with E-state index >= 15 is 0 Å². The van der Waals surface area contributed by atoms with Gasteiger partial charge in [-0.2, -0.15) is 0 Å². The largest absolute Gasteiger partial charge is 0.488 e. The fourth-order valence-corrected chi connectivity index (χ4v) is 4.19. The van der Waals surface area contributed by atoms with E-state index in [1.807, 2.05) is 48.5 Å². The molecule has 2 aromatic carbocycles. The van der Waals surface area contributed by atoms with Gasteiger partial charge in [-0.3, -0.25) is 4.98 Å². The fraction of sp³-hybridized carbons (Fsp3) is 0.231. The lowest BCUT2D eigenvalue weighted by Crippen LogP contribution is -2.05. The molecular weight excluding hydrogens is 445 g/mol. The lowest BCUT2D eigenvalue weighted by Gasteiger charge is -2.15. The summed E-state index contributed by atoms with van der Waals surface area (Å²) in [6.45, 7) is 2.53. The van der Waals surface area contributed by atoms with Crippen molar-refractivity contribution in [1.29, 1.82) is 0 Å². The Kier molecular flexibility index (Phi) is 7.13. The molecular formula is C26H23Cl2NO3. The summed E-state index contributed by atoms with van der Waals surface area (Å²) in [7, 11) is 0. The monoisotopic (exact) mass is 467 g/mol. The molecule has 0 N–H and O–H groups in total. The molecule has 0 spiro atoms. The predicted octanol–water partition coefficient (Wildman–Crippen LogP) is 7.24. The van der Waals surface area contributed by atoms with Crippen LogP contribution in [0.15, 0.2) is 60.9 Å². The first kappa shape index (κ1) is 22.4. The Hall–Kier alpha value is -2.82. The maximum absolute atomic E-state index is 12.2. The normalized spacial score (nSPS) is 13.3. The molecule has 1 aromatic heterocycles. The van der Waals surface area contributed by atoms with Crippen LogP contribution in [0.5, 0.6) is 5.75 Å². The number of hydrogen-bond donors (Lipinski definition) is 0. The van der Waals surface area contributed by atoms with Crippen LogP contribution in [0.3, 0.4) is 0 Å². The number of ether oxygens (including phenoxy) is 2. The van der Waals surface area contributed by atoms with E-state index in [1.54, 1.807) is 19.3 Å². The molecule has 0 saturated heterocycles. The molecule has 1 aliphatic rings. The van der Waals surface area contributed by atoms with Crippen LogP contribution in [0.2, 0.25) is 10.0 Å². The van der Waals surface area contributed by atoms with Crippen molar-refractivity contribution in [3.63, 3.8) is 0 Å². The zero-order valence-corrected chi connectivity index (χ0v) is 19.2. The fourth-order valence-electron chi connectivity index (χ4n) is 3.90. The lowest BCUT2D eigenvalue weighted by molar-refractivity contribution is 0.0526. The summed E-state index contributed by atoms with van der Waals surface area (Å²) < 4.78 is 11.3. The number of benzene rings is 2. The summed E-state index contributed by atoms with van der Waals surface area (Å²) in [4.78, 5) is 16.5. The van der Waals surface area contributed by atoms with Crippen molar-refractivity contribution in [3.05, 3.63) is 93.2 Å². The molecule has 4 rings (SSSR count). The van der Waals surface area contributed by atoms with Crippen LogP contribution < -0.4 is 4.74 Å². The SMILES string of the molecule is CCOC(=O)c1cncc(C2=C(c3ccc(Cl)cc3OCc3ccc(Cl)cc3)CCC2)c1. The number of halogens is 2. The molecule has 0 atom stereocenters. The van der Waals surface area contributed by atoms with Crippen LogP contribution in [0.1, 0.15) is 53.2 Å². The first-order valence-electron chi connectivity index (χ1n) is 10.6. The molecule has 3 aromatic rings. The van der Waals surface area contributed by atoms with E-state index < -0.39 is 0 Å². The number of aromatic nitrogens is 1. The number of rotatable bonds is 7. The smallest absolute Gasteiger partial charge is 0.339 e. The number of esters is 1. The van der Waals surface area contributed by atoms with Gasteiger partial charge in [-0.15, -0.1) is 0 Å². The summed E-state index contributed by atoms with van der Waals surface area (Å²) in [6.07, 6.45) is 6.18. The van der Waals surface area contributed by atoms with Gasteiger partial charge in [0.1, 0.15) is 12.4 Å². The van der Waals surface area contributed by atoms with Crippen molar-refractivity contribution in [2.45, 2.75) is 32.8 Å². The first-order valence-corrected chi connectivity index (χ1v) is 11.3. The third-order valence-electron chi connectivity index (χ3n) is 5.39.